The topological polar surface area (TPSA) is 66.3 Å². The van der Waals surface area contributed by atoms with E-state index in [4.69, 9.17) is 28.2 Å². The first-order valence-electron chi connectivity index (χ1n) is 5.73. The first-order valence-corrected chi connectivity index (χ1v) is 6.52. The van der Waals surface area contributed by atoms with Crippen molar-refractivity contribution in [3.05, 3.63) is 52.9 Å². The molecule has 0 bridgehead atoms. The lowest BCUT2D eigenvalue weighted by Crippen LogP contribution is -2.43. The lowest BCUT2D eigenvalue weighted by atomic mass is 10.2. The van der Waals surface area contributed by atoms with Gasteiger partial charge in [0.15, 0.2) is 10.9 Å². The number of furan rings is 1. The third-order valence-corrected chi connectivity index (χ3v) is 3.08. The molecule has 1 heterocycles. The molecule has 2 rings (SSSR count). The van der Waals surface area contributed by atoms with E-state index in [1.165, 1.54) is 6.26 Å². The van der Waals surface area contributed by atoms with Crippen LogP contribution in [0.1, 0.15) is 16.1 Å². The average molecular weight is 310 g/mol. The van der Waals surface area contributed by atoms with Crippen LogP contribution < -0.4 is 16.2 Å². The minimum atomic E-state index is -0.416. The molecule has 0 fully saturated rings. The fraction of sp³-hybridized carbons (Fsp3) is 0.0769. The van der Waals surface area contributed by atoms with Crippen molar-refractivity contribution in [2.24, 2.45) is 0 Å². The van der Waals surface area contributed by atoms with Crippen LogP contribution in [0.15, 0.2) is 41.0 Å². The Hall–Kier alpha value is -2.05. The van der Waals surface area contributed by atoms with Crippen LogP contribution in [-0.4, -0.2) is 11.0 Å². The second-order valence-electron chi connectivity index (χ2n) is 3.97. The van der Waals surface area contributed by atoms with Crippen LogP contribution >= 0.6 is 23.8 Å². The monoisotopic (exact) mass is 309 g/mol. The predicted octanol–water partition coefficient (Wildman–Crippen LogP) is 2.87. The van der Waals surface area contributed by atoms with Gasteiger partial charge in [-0.2, -0.15) is 0 Å². The van der Waals surface area contributed by atoms with Crippen molar-refractivity contribution in [1.29, 1.82) is 0 Å². The maximum atomic E-state index is 11.6. The van der Waals surface area contributed by atoms with E-state index in [1.807, 2.05) is 19.1 Å². The molecule has 104 valence electrons. The predicted molar refractivity (Wildman–Crippen MR) is 81.7 cm³/mol. The molecule has 0 saturated heterocycles. The number of hydrogen-bond acceptors (Lipinski definition) is 3. The molecule has 0 saturated carbocycles. The summed E-state index contributed by atoms with van der Waals surface area (Å²) in [5.41, 5.74) is 6.68. The Morgan fingerprint density at radius 3 is 2.75 bits per heavy atom. The number of nitrogens with one attached hydrogen (secondary N) is 3. The maximum absolute atomic E-state index is 11.6. The largest absolute Gasteiger partial charge is 0.459 e. The van der Waals surface area contributed by atoms with Crippen LogP contribution in [-0.2, 0) is 0 Å². The lowest BCUT2D eigenvalue weighted by Gasteiger charge is -2.11. The van der Waals surface area contributed by atoms with E-state index >= 15 is 0 Å². The normalized spacial score (nSPS) is 9.90. The zero-order valence-electron chi connectivity index (χ0n) is 10.6. The molecule has 1 aromatic heterocycles. The molecule has 0 radical (unpaired) electrons. The van der Waals surface area contributed by atoms with Crippen LogP contribution in [0.25, 0.3) is 0 Å². The van der Waals surface area contributed by atoms with Crippen molar-refractivity contribution < 1.29 is 9.21 Å². The quantitative estimate of drug-likeness (QED) is 0.588. The van der Waals surface area contributed by atoms with Gasteiger partial charge in [-0.1, -0.05) is 17.7 Å². The highest BCUT2D eigenvalue weighted by atomic mass is 35.5. The third-order valence-electron chi connectivity index (χ3n) is 2.46. The summed E-state index contributed by atoms with van der Waals surface area (Å²) in [5, 5.41) is 3.78. The van der Waals surface area contributed by atoms with Gasteiger partial charge >= 0.3 is 5.91 Å². The number of rotatable bonds is 2. The summed E-state index contributed by atoms with van der Waals surface area (Å²) in [6.45, 7) is 1.91. The highest BCUT2D eigenvalue weighted by molar-refractivity contribution is 7.80. The van der Waals surface area contributed by atoms with Gasteiger partial charge in [-0.15, -0.1) is 0 Å². The van der Waals surface area contributed by atoms with Crippen molar-refractivity contribution in [3.63, 3.8) is 0 Å². The van der Waals surface area contributed by atoms with Crippen molar-refractivity contribution in [1.82, 2.24) is 10.9 Å². The molecule has 0 atom stereocenters. The second kappa shape index (κ2) is 6.40. The first kappa shape index (κ1) is 14.4. The Kier molecular flexibility index (Phi) is 4.60. The molecule has 0 aliphatic heterocycles. The number of aryl methyl sites for hydroxylation is 1. The minimum absolute atomic E-state index is 0.193. The number of amides is 1. The number of anilines is 1. The van der Waals surface area contributed by atoms with Crippen molar-refractivity contribution in [2.45, 2.75) is 6.92 Å². The van der Waals surface area contributed by atoms with E-state index in [1.54, 1.807) is 18.2 Å². The van der Waals surface area contributed by atoms with Crippen LogP contribution in [0.2, 0.25) is 5.02 Å². The van der Waals surface area contributed by atoms with Gasteiger partial charge in [0.05, 0.1) is 6.26 Å². The Morgan fingerprint density at radius 1 is 1.30 bits per heavy atom. The number of hydrazine groups is 1. The van der Waals surface area contributed by atoms with Gasteiger partial charge in [0.2, 0.25) is 0 Å². The first-order chi connectivity index (χ1) is 9.56. The molecule has 5 nitrogen and oxygen atoms in total. The van der Waals surface area contributed by atoms with E-state index in [9.17, 15) is 4.79 Å². The summed E-state index contributed by atoms with van der Waals surface area (Å²) in [6.07, 6.45) is 1.42. The molecule has 0 aliphatic carbocycles. The molecule has 3 N–H and O–H groups in total. The number of halogens is 1. The zero-order valence-corrected chi connectivity index (χ0v) is 12.1. The SMILES string of the molecule is Cc1ccc(NC(=S)NNC(=O)c2ccco2)cc1Cl. The van der Waals surface area contributed by atoms with Crippen LogP contribution in [0.3, 0.4) is 0 Å². The number of benzene rings is 1. The highest BCUT2D eigenvalue weighted by Crippen LogP contribution is 2.19. The second-order valence-corrected chi connectivity index (χ2v) is 4.79. The van der Waals surface area contributed by atoms with Gasteiger partial charge in [0, 0.05) is 10.7 Å². The number of carbonyl (C=O) groups is 1. The summed E-state index contributed by atoms with van der Waals surface area (Å²) in [4.78, 5) is 11.6. The Bertz CT molecular complexity index is 629. The van der Waals surface area contributed by atoms with E-state index in [2.05, 4.69) is 16.2 Å². The van der Waals surface area contributed by atoms with E-state index < -0.39 is 5.91 Å². The molecule has 1 aromatic carbocycles. The Morgan fingerprint density at radius 2 is 2.10 bits per heavy atom. The van der Waals surface area contributed by atoms with Gasteiger partial charge in [0.25, 0.3) is 0 Å². The molecule has 2 aromatic rings. The number of carbonyl (C=O) groups excluding carboxylic acids is 1. The highest BCUT2D eigenvalue weighted by Gasteiger charge is 2.08. The molecule has 7 heteroatoms. The fourth-order valence-electron chi connectivity index (χ4n) is 1.42. The molecule has 1 amide bonds. The Balaban J connectivity index is 1.86. The smallest absolute Gasteiger partial charge is 0.305 e. The van der Waals surface area contributed by atoms with E-state index in [-0.39, 0.29) is 10.9 Å². The zero-order chi connectivity index (χ0) is 14.5. The minimum Gasteiger partial charge on any atom is -0.459 e. The van der Waals surface area contributed by atoms with E-state index in [0.29, 0.717) is 5.02 Å². The van der Waals surface area contributed by atoms with Crippen LogP contribution in [0.5, 0.6) is 0 Å². The number of hydrogen-bond donors (Lipinski definition) is 3. The molecular weight excluding hydrogens is 298 g/mol. The van der Waals surface area contributed by atoms with E-state index in [0.717, 1.165) is 11.3 Å². The summed E-state index contributed by atoms with van der Waals surface area (Å²) in [5.74, 6) is -0.222. The van der Waals surface area contributed by atoms with Crippen molar-refractivity contribution in [2.75, 3.05) is 5.32 Å². The molecule has 0 spiro atoms. The van der Waals surface area contributed by atoms with Gasteiger partial charge in [-0.05, 0) is 49.0 Å². The number of thiocarbonyl (C=S) groups is 1. The van der Waals surface area contributed by atoms with Crippen molar-refractivity contribution in [3.8, 4) is 0 Å². The van der Waals surface area contributed by atoms with Crippen LogP contribution in [0, 0.1) is 6.92 Å². The molecule has 0 unspecified atom stereocenters. The summed E-state index contributed by atoms with van der Waals surface area (Å²) in [6, 6.07) is 8.63. The van der Waals surface area contributed by atoms with Crippen LogP contribution in [0.4, 0.5) is 5.69 Å². The summed E-state index contributed by atoms with van der Waals surface area (Å²) >= 11 is 11.1. The van der Waals surface area contributed by atoms with Gasteiger partial charge in [0.1, 0.15) is 0 Å². The lowest BCUT2D eigenvalue weighted by molar-refractivity contribution is 0.0916. The summed E-state index contributed by atoms with van der Waals surface area (Å²) in [7, 11) is 0. The average Bonchev–Trinajstić information content (AvgIpc) is 2.94. The molecule has 0 aliphatic rings. The summed E-state index contributed by atoms with van der Waals surface area (Å²) < 4.78 is 4.94. The fourth-order valence-corrected chi connectivity index (χ4v) is 1.77. The molecule has 20 heavy (non-hydrogen) atoms. The maximum Gasteiger partial charge on any atom is 0.305 e. The van der Waals surface area contributed by atoms with Gasteiger partial charge < -0.3 is 9.73 Å². The van der Waals surface area contributed by atoms with Crippen molar-refractivity contribution >= 4 is 40.5 Å². The van der Waals surface area contributed by atoms with Gasteiger partial charge in [-0.3, -0.25) is 15.6 Å². The van der Waals surface area contributed by atoms with Gasteiger partial charge in [-0.25, -0.2) is 0 Å². The standard InChI is InChI=1S/C13H12ClN3O2S/c1-8-4-5-9(7-10(8)14)15-13(20)17-16-12(18)11-3-2-6-19-11/h2-7H,1H3,(H,16,18)(H2,15,17,20). The Labute approximate surface area is 126 Å². The molecular formula is C13H12ClN3O2S. The third kappa shape index (κ3) is 3.72.